The lowest BCUT2D eigenvalue weighted by atomic mass is 10.0. The smallest absolute Gasteiger partial charge is 0.338 e. The summed E-state index contributed by atoms with van der Waals surface area (Å²) in [4.78, 5) is 33.6. The van der Waals surface area contributed by atoms with Gasteiger partial charge in [0.05, 0.1) is 41.6 Å². The Balaban J connectivity index is 1.66. The molecular weight excluding hydrogens is 525 g/mol. The summed E-state index contributed by atoms with van der Waals surface area (Å²) in [6, 6.07) is 12.8. The molecule has 39 heavy (non-hydrogen) atoms. The van der Waals surface area contributed by atoms with E-state index in [9.17, 15) is 9.59 Å². The van der Waals surface area contributed by atoms with Crippen LogP contribution < -0.4 is 0 Å². The number of methoxy groups -OCH3 is 2. The first-order chi connectivity index (χ1) is 18.5. The number of nitrogens with zero attached hydrogens (tertiary/aromatic N) is 3. The van der Waals surface area contributed by atoms with Crippen molar-refractivity contribution in [2.45, 2.75) is 39.3 Å². The summed E-state index contributed by atoms with van der Waals surface area (Å²) >= 11 is 6.17. The summed E-state index contributed by atoms with van der Waals surface area (Å²) in [5, 5.41) is 0.0935. The molecule has 4 rings (SSSR count). The van der Waals surface area contributed by atoms with Gasteiger partial charge in [-0.1, -0.05) is 23.7 Å². The Morgan fingerprint density at radius 3 is 2.41 bits per heavy atom. The first-order valence-electron chi connectivity index (χ1n) is 12.2. The third kappa shape index (κ3) is 6.61. The van der Waals surface area contributed by atoms with Crippen molar-refractivity contribution in [2.75, 3.05) is 20.8 Å². The summed E-state index contributed by atoms with van der Waals surface area (Å²) in [5.74, 6) is -0.850. The number of ether oxygens (including phenoxy) is 3. The van der Waals surface area contributed by atoms with E-state index in [-0.39, 0.29) is 17.1 Å². The number of esters is 2. The van der Waals surface area contributed by atoms with Gasteiger partial charge in [0.2, 0.25) is 0 Å². The Bertz CT molecular complexity index is 1540. The molecule has 0 saturated heterocycles. The zero-order valence-corrected chi connectivity index (χ0v) is 23.1. The fourth-order valence-corrected chi connectivity index (χ4v) is 4.31. The molecule has 2 aromatic heterocycles. The normalized spacial score (nSPS) is 11.6. The second-order valence-corrected chi connectivity index (χ2v) is 10.3. The highest BCUT2D eigenvalue weighted by Crippen LogP contribution is 2.27. The number of carbonyl (C=O) groups is 2. The van der Waals surface area contributed by atoms with Crippen LogP contribution in [0, 0.1) is 5.82 Å². The monoisotopic (exact) mass is 553 g/mol. The molecule has 2 aromatic carbocycles. The quantitative estimate of drug-likeness (QED) is 0.199. The highest BCUT2D eigenvalue weighted by atomic mass is 35.5. The van der Waals surface area contributed by atoms with Gasteiger partial charge in [0, 0.05) is 25.6 Å². The number of rotatable bonds is 8. The van der Waals surface area contributed by atoms with Gasteiger partial charge >= 0.3 is 11.9 Å². The Morgan fingerprint density at radius 2 is 1.74 bits per heavy atom. The van der Waals surface area contributed by atoms with Gasteiger partial charge in [-0.3, -0.25) is 0 Å². The molecule has 8 nitrogen and oxygen atoms in total. The average molecular weight is 554 g/mol. The van der Waals surface area contributed by atoms with Gasteiger partial charge in [-0.05, 0) is 62.7 Å². The van der Waals surface area contributed by atoms with Crippen molar-refractivity contribution in [1.29, 1.82) is 0 Å². The van der Waals surface area contributed by atoms with E-state index in [1.165, 1.54) is 25.3 Å². The van der Waals surface area contributed by atoms with Crippen LogP contribution in [0.15, 0.2) is 48.5 Å². The minimum atomic E-state index is -0.679. The Morgan fingerprint density at radius 1 is 0.974 bits per heavy atom. The molecule has 0 unspecified atom stereocenters. The van der Waals surface area contributed by atoms with Crippen LogP contribution in [0.3, 0.4) is 0 Å². The van der Waals surface area contributed by atoms with E-state index < -0.39 is 23.4 Å². The molecular formula is C29H29ClFN3O5. The molecule has 0 aliphatic rings. The van der Waals surface area contributed by atoms with Gasteiger partial charge in [-0.25, -0.2) is 23.9 Å². The third-order valence-corrected chi connectivity index (χ3v) is 6.09. The van der Waals surface area contributed by atoms with Gasteiger partial charge in [0.15, 0.2) is 0 Å². The van der Waals surface area contributed by atoms with Gasteiger partial charge in [-0.15, -0.1) is 0 Å². The standard InChI is InChI=1S/C29H29ClFN3O5/c1-29(2,3)39-28(36)20-13-23(32-25(30)15-20)18-7-6-17(21(31)12-18)16-26-33-22-9-8-19(27(35)38-5)14-24(22)34(26)10-11-37-4/h6-9,12-15H,10-11,16H2,1-5H3. The number of hydrogen-bond donors (Lipinski definition) is 0. The van der Waals surface area contributed by atoms with E-state index in [4.69, 9.17) is 25.8 Å². The SMILES string of the molecule is COCCn1c(Cc2ccc(-c3cc(C(=O)OC(C)(C)C)cc(Cl)n3)cc2F)nc2ccc(C(=O)OC)cc21. The summed E-state index contributed by atoms with van der Waals surface area (Å²) in [6.45, 7) is 6.17. The van der Waals surface area contributed by atoms with Crippen LogP contribution in [0.5, 0.6) is 0 Å². The minimum Gasteiger partial charge on any atom is -0.465 e. The van der Waals surface area contributed by atoms with Crippen molar-refractivity contribution in [3.8, 4) is 11.3 Å². The van der Waals surface area contributed by atoms with Crippen LogP contribution >= 0.6 is 11.6 Å². The topological polar surface area (TPSA) is 92.5 Å². The fraction of sp³-hybridized carbons (Fsp3) is 0.310. The van der Waals surface area contributed by atoms with E-state index in [0.717, 1.165) is 5.52 Å². The zero-order chi connectivity index (χ0) is 28.3. The third-order valence-electron chi connectivity index (χ3n) is 5.89. The highest BCUT2D eigenvalue weighted by Gasteiger charge is 2.20. The van der Waals surface area contributed by atoms with Crippen LogP contribution in [0.1, 0.15) is 52.9 Å². The molecule has 0 bridgehead atoms. The van der Waals surface area contributed by atoms with Crippen molar-refractivity contribution < 1.29 is 28.2 Å². The number of fused-ring (bicyclic) bond motifs is 1. The lowest BCUT2D eigenvalue weighted by molar-refractivity contribution is 0.00692. The van der Waals surface area contributed by atoms with Crippen LogP contribution in [0.4, 0.5) is 4.39 Å². The maximum atomic E-state index is 15.4. The number of halogens is 2. The number of carbonyl (C=O) groups excluding carboxylic acids is 2. The van der Waals surface area contributed by atoms with Crippen LogP contribution in [0.25, 0.3) is 22.3 Å². The number of benzene rings is 2. The van der Waals surface area contributed by atoms with Crippen LogP contribution in [0.2, 0.25) is 5.15 Å². The number of hydrogen-bond acceptors (Lipinski definition) is 7. The van der Waals surface area contributed by atoms with Crippen molar-refractivity contribution in [3.63, 3.8) is 0 Å². The average Bonchev–Trinajstić information content (AvgIpc) is 3.22. The Labute approximate surface area is 230 Å². The number of pyridine rings is 1. The molecule has 0 atom stereocenters. The highest BCUT2D eigenvalue weighted by molar-refractivity contribution is 6.29. The van der Waals surface area contributed by atoms with Crippen LogP contribution in [-0.2, 0) is 27.2 Å². The molecule has 0 N–H and O–H groups in total. The first-order valence-corrected chi connectivity index (χ1v) is 12.6. The van der Waals surface area contributed by atoms with E-state index in [1.54, 1.807) is 58.2 Å². The molecule has 0 amide bonds. The zero-order valence-electron chi connectivity index (χ0n) is 22.4. The molecule has 0 spiro atoms. The second-order valence-electron chi connectivity index (χ2n) is 9.92. The largest absolute Gasteiger partial charge is 0.465 e. The van der Waals surface area contributed by atoms with E-state index in [0.29, 0.717) is 46.9 Å². The Kier molecular flexibility index (Phi) is 8.32. The molecule has 0 radical (unpaired) electrons. The van der Waals surface area contributed by atoms with Gasteiger partial charge in [0.1, 0.15) is 22.4 Å². The van der Waals surface area contributed by atoms with Gasteiger partial charge < -0.3 is 18.8 Å². The molecule has 10 heteroatoms. The summed E-state index contributed by atoms with van der Waals surface area (Å²) in [6.07, 6.45) is 0.199. The Hall–Kier alpha value is -3.82. The molecule has 4 aromatic rings. The molecule has 204 valence electrons. The number of aromatic nitrogens is 3. The molecule has 0 saturated carbocycles. The first kappa shape index (κ1) is 28.2. The lowest BCUT2D eigenvalue weighted by Crippen LogP contribution is -2.24. The minimum absolute atomic E-state index is 0.0935. The van der Waals surface area contributed by atoms with Crippen molar-refractivity contribution in [1.82, 2.24) is 14.5 Å². The lowest BCUT2D eigenvalue weighted by Gasteiger charge is -2.19. The summed E-state index contributed by atoms with van der Waals surface area (Å²) in [5.41, 5.74) is 2.55. The molecule has 0 aliphatic carbocycles. The van der Waals surface area contributed by atoms with E-state index >= 15 is 4.39 Å². The van der Waals surface area contributed by atoms with E-state index in [1.807, 2.05) is 4.57 Å². The fourth-order valence-electron chi connectivity index (χ4n) is 4.10. The summed E-state index contributed by atoms with van der Waals surface area (Å²) < 4.78 is 32.8. The molecule has 0 aliphatic heterocycles. The maximum absolute atomic E-state index is 15.4. The predicted octanol–water partition coefficient (Wildman–Crippen LogP) is 5.87. The second kappa shape index (κ2) is 11.5. The van der Waals surface area contributed by atoms with Gasteiger partial charge in [0.25, 0.3) is 0 Å². The molecule has 0 fully saturated rings. The van der Waals surface area contributed by atoms with Crippen molar-refractivity contribution >= 4 is 34.6 Å². The van der Waals surface area contributed by atoms with Crippen molar-refractivity contribution in [2.24, 2.45) is 0 Å². The molecule has 2 heterocycles. The van der Waals surface area contributed by atoms with Crippen molar-refractivity contribution in [3.05, 3.63) is 82.0 Å². The predicted molar refractivity (Wildman–Crippen MR) is 146 cm³/mol. The van der Waals surface area contributed by atoms with E-state index in [2.05, 4.69) is 9.97 Å². The van der Waals surface area contributed by atoms with Gasteiger partial charge in [-0.2, -0.15) is 0 Å². The maximum Gasteiger partial charge on any atom is 0.338 e. The van der Waals surface area contributed by atoms with Crippen LogP contribution in [-0.4, -0.2) is 52.9 Å². The summed E-state index contributed by atoms with van der Waals surface area (Å²) in [7, 11) is 2.92. The number of imidazole rings is 1.